The number of hydrogen-bond donors (Lipinski definition) is 1. The molecule has 0 amide bonds. The Labute approximate surface area is 121 Å². The molecule has 0 radical (unpaired) electrons. The summed E-state index contributed by atoms with van der Waals surface area (Å²) in [6.45, 7) is 4.99. The molecular weight excluding hydrogens is 244 g/mol. The van der Waals surface area contributed by atoms with Crippen molar-refractivity contribution in [3.05, 3.63) is 65.7 Å². The quantitative estimate of drug-likeness (QED) is 0.861. The molecule has 2 rings (SSSR count). The molecular formula is C18H20N2. The van der Waals surface area contributed by atoms with Crippen LogP contribution in [0, 0.1) is 11.3 Å². The van der Waals surface area contributed by atoms with Gasteiger partial charge >= 0.3 is 0 Å². The standard InChI is InChI=1S/C18H20N2/c1-14(2)15-8-10-18(11-9-15)20-13-17(12-19)16-6-4-3-5-7-16/h3-11,14,17,20H,13H2,1-2H3. The molecule has 0 spiro atoms. The maximum Gasteiger partial charge on any atom is 0.0885 e. The molecule has 0 aliphatic rings. The summed E-state index contributed by atoms with van der Waals surface area (Å²) >= 11 is 0. The van der Waals surface area contributed by atoms with E-state index in [1.54, 1.807) is 0 Å². The molecule has 0 aliphatic heterocycles. The van der Waals surface area contributed by atoms with E-state index >= 15 is 0 Å². The lowest BCUT2D eigenvalue weighted by atomic mass is 10.0. The molecule has 2 aromatic rings. The summed E-state index contributed by atoms with van der Waals surface area (Å²) < 4.78 is 0. The van der Waals surface area contributed by atoms with Crippen LogP contribution in [0.2, 0.25) is 0 Å². The molecule has 20 heavy (non-hydrogen) atoms. The third-order valence-corrected chi connectivity index (χ3v) is 3.45. The zero-order valence-electron chi connectivity index (χ0n) is 12.0. The molecule has 1 N–H and O–H groups in total. The van der Waals surface area contributed by atoms with E-state index in [4.69, 9.17) is 0 Å². The van der Waals surface area contributed by atoms with Crippen LogP contribution in [-0.2, 0) is 0 Å². The van der Waals surface area contributed by atoms with E-state index in [1.165, 1.54) is 5.56 Å². The molecule has 0 aromatic heterocycles. The summed E-state index contributed by atoms with van der Waals surface area (Å²) in [6, 6.07) is 20.7. The second-order valence-electron chi connectivity index (χ2n) is 5.25. The van der Waals surface area contributed by atoms with Crippen molar-refractivity contribution in [3.8, 4) is 6.07 Å². The highest BCUT2D eigenvalue weighted by atomic mass is 14.9. The van der Waals surface area contributed by atoms with Crippen LogP contribution < -0.4 is 5.32 Å². The Morgan fingerprint density at radius 1 is 0.950 bits per heavy atom. The van der Waals surface area contributed by atoms with E-state index in [0.29, 0.717) is 12.5 Å². The van der Waals surface area contributed by atoms with Gasteiger partial charge in [0.2, 0.25) is 0 Å². The van der Waals surface area contributed by atoms with E-state index in [9.17, 15) is 5.26 Å². The highest BCUT2D eigenvalue weighted by Crippen LogP contribution is 2.19. The van der Waals surface area contributed by atoms with Gasteiger partial charge in [0.15, 0.2) is 0 Å². The predicted molar refractivity (Wildman–Crippen MR) is 83.8 cm³/mol. The van der Waals surface area contributed by atoms with Crippen LogP contribution in [0.3, 0.4) is 0 Å². The first-order valence-corrected chi connectivity index (χ1v) is 6.99. The topological polar surface area (TPSA) is 35.8 Å². The maximum absolute atomic E-state index is 9.28. The molecule has 2 heteroatoms. The summed E-state index contributed by atoms with van der Waals surface area (Å²) in [5, 5.41) is 12.6. The number of hydrogen-bond acceptors (Lipinski definition) is 2. The lowest BCUT2D eigenvalue weighted by Crippen LogP contribution is -2.11. The summed E-state index contributed by atoms with van der Waals surface area (Å²) in [5.41, 5.74) is 3.45. The Morgan fingerprint density at radius 2 is 1.60 bits per heavy atom. The average Bonchev–Trinajstić information content (AvgIpc) is 2.49. The number of benzene rings is 2. The highest BCUT2D eigenvalue weighted by molar-refractivity contribution is 5.46. The fourth-order valence-electron chi connectivity index (χ4n) is 2.13. The monoisotopic (exact) mass is 264 g/mol. The van der Waals surface area contributed by atoms with Crippen LogP contribution in [0.25, 0.3) is 0 Å². The molecule has 2 nitrogen and oxygen atoms in total. The van der Waals surface area contributed by atoms with Crippen molar-refractivity contribution in [2.45, 2.75) is 25.7 Å². The maximum atomic E-state index is 9.28. The lowest BCUT2D eigenvalue weighted by molar-refractivity contribution is 0.865. The van der Waals surface area contributed by atoms with Gasteiger partial charge in [-0.05, 0) is 29.2 Å². The Kier molecular flexibility index (Phi) is 4.79. The largest absolute Gasteiger partial charge is 0.383 e. The SMILES string of the molecule is CC(C)c1ccc(NCC(C#N)c2ccccc2)cc1. The van der Waals surface area contributed by atoms with E-state index in [2.05, 4.69) is 49.5 Å². The Hall–Kier alpha value is -2.27. The third kappa shape index (κ3) is 3.61. The normalized spacial score (nSPS) is 11.9. The smallest absolute Gasteiger partial charge is 0.0885 e. The van der Waals surface area contributed by atoms with E-state index in [1.807, 2.05) is 30.3 Å². The van der Waals surface area contributed by atoms with Gasteiger partial charge < -0.3 is 5.32 Å². The first-order chi connectivity index (χ1) is 9.70. The molecule has 2 aromatic carbocycles. The van der Waals surface area contributed by atoms with Crippen LogP contribution in [0.4, 0.5) is 5.69 Å². The summed E-state index contributed by atoms with van der Waals surface area (Å²) in [4.78, 5) is 0. The minimum absolute atomic E-state index is 0.124. The Morgan fingerprint density at radius 3 is 2.15 bits per heavy atom. The van der Waals surface area contributed by atoms with Crippen LogP contribution in [0.5, 0.6) is 0 Å². The van der Waals surface area contributed by atoms with Gasteiger partial charge in [0.25, 0.3) is 0 Å². The minimum atomic E-state index is -0.124. The number of nitrogens with one attached hydrogen (secondary N) is 1. The lowest BCUT2D eigenvalue weighted by Gasteiger charge is -2.13. The second-order valence-corrected chi connectivity index (χ2v) is 5.25. The Balaban J connectivity index is 1.99. The van der Waals surface area contributed by atoms with Gasteiger partial charge in [0.05, 0.1) is 12.0 Å². The van der Waals surface area contributed by atoms with Gasteiger partial charge in [-0.3, -0.25) is 0 Å². The fourth-order valence-corrected chi connectivity index (χ4v) is 2.13. The molecule has 0 saturated heterocycles. The number of rotatable bonds is 5. The van der Waals surface area contributed by atoms with Crippen LogP contribution in [-0.4, -0.2) is 6.54 Å². The fraction of sp³-hybridized carbons (Fsp3) is 0.278. The molecule has 102 valence electrons. The molecule has 0 saturated carbocycles. The summed E-state index contributed by atoms with van der Waals surface area (Å²) in [6.07, 6.45) is 0. The number of nitrogens with zero attached hydrogens (tertiary/aromatic N) is 1. The van der Waals surface area contributed by atoms with Crippen molar-refractivity contribution in [1.82, 2.24) is 0 Å². The van der Waals surface area contributed by atoms with E-state index in [0.717, 1.165) is 11.3 Å². The zero-order valence-corrected chi connectivity index (χ0v) is 12.0. The van der Waals surface area contributed by atoms with Crippen LogP contribution in [0.15, 0.2) is 54.6 Å². The van der Waals surface area contributed by atoms with Crippen LogP contribution in [0.1, 0.15) is 36.8 Å². The predicted octanol–water partition coefficient (Wildman–Crippen LogP) is 4.53. The molecule has 0 heterocycles. The summed E-state index contributed by atoms with van der Waals surface area (Å²) in [7, 11) is 0. The zero-order chi connectivity index (χ0) is 14.4. The minimum Gasteiger partial charge on any atom is -0.383 e. The highest BCUT2D eigenvalue weighted by Gasteiger charge is 2.09. The van der Waals surface area contributed by atoms with Gasteiger partial charge in [0.1, 0.15) is 0 Å². The van der Waals surface area contributed by atoms with Crippen molar-refractivity contribution in [3.63, 3.8) is 0 Å². The van der Waals surface area contributed by atoms with Crippen molar-refractivity contribution < 1.29 is 0 Å². The second kappa shape index (κ2) is 6.77. The molecule has 0 bridgehead atoms. The first kappa shape index (κ1) is 14.1. The number of nitriles is 1. The first-order valence-electron chi connectivity index (χ1n) is 6.99. The van der Waals surface area contributed by atoms with E-state index in [-0.39, 0.29) is 5.92 Å². The average molecular weight is 264 g/mol. The van der Waals surface area contributed by atoms with Crippen molar-refractivity contribution in [2.75, 3.05) is 11.9 Å². The van der Waals surface area contributed by atoms with E-state index < -0.39 is 0 Å². The Bertz CT molecular complexity index is 565. The van der Waals surface area contributed by atoms with Crippen molar-refractivity contribution in [2.24, 2.45) is 0 Å². The van der Waals surface area contributed by atoms with Crippen LogP contribution >= 0.6 is 0 Å². The molecule has 1 unspecified atom stereocenters. The third-order valence-electron chi connectivity index (χ3n) is 3.45. The molecule has 0 fully saturated rings. The van der Waals surface area contributed by atoms with Crippen molar-refractivity contribution in [1.29, 1.82) is 5.26 Å². The summed E-state index contributed by atoms with van der Waals surface area (Å²) in [5.74, 6) is 0.418. The molecule has 1 atom stereocenters. The van der Waals surface area contributed by atoms with Gasteiger partial charge in [-0.15, -0.1) is 0 Å². The van der Waals surface area contributed by atoms with Gasteiger partial charge in [-0.2, -0.15) is 5.26 Å². The van der Waals surface area contributed by atoms with Crippen molar-refractivity contribution >= 4 is 5.69 Å². The van der Waals surface area contributed by atoms with Gasteiger partial charge in [0, 0.05) is 12.2 Å². The number of anilines is 1. The van der Waals surface area contributed by atoms with Gasteiger partial charge in [-0.25, -0.2) is 0 Å². The van der Waals surface area contributed by atoms with Gasteiger partial charge in [-0.1, -0.05) is 56.3 Å². The molecule has 0 aliphatic carbocycles.